The maximum absolute atomic E-state index is 14.3. The molecule has 0 N–H and O–H groups in total. The molecule has 1 fully saturated rings. The molecule has 6 heteroatoms. The zero-order chi connectivity index (χ0) is 20.1. The number of rotatable bonds is 6. The summed E-state index contributed by atoms with van der Waals surface area (Å²) in [6.07, 6.45) is 5.21. The van der Waals surface area contributed by atoms with Gasteiger partial charge in [0.05, 0.1) is 6.04 Å². The van der Waals surface area contributed by atoms with Crippen LogP contribution in [0.3, 0.4) is 0 Å². The zero-order valence-electron chi connectivity index (χ0n) is 17.0. The molecule has 0 aromatic carbocycles. The van der Waals surface area contributed by atoms with Crippen LogP contribution in [0.5, 0.6) is 0 Å². The number of ether oxygens (including phenoxy) is 1. The summed E-state index contributed by atoms with van der Waals surface area (Å²) in [5, 5.41) is 1.05. The molecule has 0 saturated carbocycles. The number of amides is 1. The van der Waals surface area contributed by atoms with Gasteiger partial charge in [-0.25, -0.2) is 19.2 Å². The van der Waals surface area contributed by atoms with Gasteiger partial charge in [-0.05, 0) is 70.7 Å². The normalized spacial score (nSPS) is 19.9. The van der Waals surface area contributed by atoms with Crippen LogP contribution < -0.4 is 0 Å². The smallest absolute Gasteiger partial charge is 0.410 e. The highest BCUT2D eigenvalue weighted by Crippen LogP contribution is 2.27. The van der Waals surface area contributed by atoms with E-state index >= 15 is 0 Å². The lowest BCUT2D eigenvalue weighted by Crippen LogP contribution is -2.41. The maximum atomic E-state index is 14.3. The number of hydrogen-bond donors (Lipinski definition) is 0. The number of pyridine rings is 2. The standard InChI is InChI=1S/C22H30FN3O2/c1-22(2,3)28-21(27)26-15-13-18(23)19(26)10-6-4-5-9-17-12-11-16-8-7-14-24-20(16)25-17/h7-8,11-12,14,18-19H,4-6,9-10,13,15H2,1-3H3. The number of unbranched alkanes of at least 4 members (excludes halogenated alkanes) is 2. The largest absolute Gasteiger partial charge is 0.444 e. The van der Waals surface area contributed by atoms with E-state index in [4.69, 9.17) is 4.74 Å². The third kappa shape index (κ3) is 5.40. The van der Waals surface area contributed by atoms with Gasteiger partial charge in [0.25, 0.3) is 0 Å². The third-order valence-electron chi connectivity index (χ3n) is 5.05. The third-order valence-corrected chi connectivity index (χ3v) is 5.05. The summed E-state index contributed by atoms with van der Waals surface area (Å²) in [5.41, 5.74) is 1.25. The first-order valence-corrected chi connectivity index (χ1v) is 10.2. The minimum absolute atomic E-state index is 0.363. The number of carbonyl (C=O) groups is 1. The van der Waals surface area contributed by atoms with Crippen LogP contribution in [0.4, 0.5) is 9.18 Å². The lowest BCUT2D eigenvalue weighted by molar-refractivity contribution is 0.0186. The highest BCUT2D eigenvalue weighted by atomic mass is 19.1. The number of aromatic nitrogens is 2. The van der Waals surface area contributed by atoms with Crippen LogP contribution >= 0.6 is 0 Å². The SMILES string of the molecule is CC(C)(C)OC(=O)N1CCC(F)C1CCCCCc1ccc2cccnc2n1. The van der Waals surface area contributed by atoms with Crippen LogP contribution in [-0.4, -0.2) is 45.3 Å². The van der Waals surface area contributed by atoms with Crippen molar-refractivity contribution in [2.24, 2.45) is 0 Å². The first-order chi connectivity index (χ1) is 13.3. The summed E-state index contributed by atoms with van der Waals surface area (Å²) >= 11 is 0. The molecule has 2 aromatic heterocycles. The fourth-order valence-corrected chi connectivity index (χ4v) is 3.67. The number of carbonyl (C=O) groups excluding carboxylic acids is 1. The molecule has 2 aromatic rings. The van der Waals surface area contributed by atoms with Crippen LogP contribution in [-0.2, 0) is 11.2 Å². The van der Waals surface area contributed by atoms with Gasteiger partial charge in [0, 0.05) is 23.8 Å². The Balaban J connectivity index is 1.44. The average molecular weight is 387 g/mol. The van der Waals surface area contributed by atoms with Crippen molar-refractivity contribution in [3.8, 4) is 0 Å². The Morgan fingerprint density at radius 1 is 1.25 bits per heavy atom. The fraction of sp³-hybridized carbons (Fsp3) is 0.591. The van der Waals surface area contributed by atoms with Gasteiger partial charge in [-0.15, -0.1) is 0 Å². The predicted molar refractivity (Wildman–Crippen MR) is 108 cm³/mol. The number of nitrogens with zero attached hydrogens (tertiary/aromatic N) is 3. The average Bonchev–Trinajstić information content (AvgIpc) is 3.01. The van der Waals surface area contributed by atoms with Crippen LogP contribution in [0.1, 0.15) is 58.6 Å². The Morgan fingerprint density at radius 2 is 2.07 bits per heavy atom. The molecule has 5 nitrogen and oxygen atoms in total. The summed E-state index contributed by atoms with van der Waals surface area (Å²) < 4.78 is 19.7. The van der Waals surface area contributed by atoms with Crippen molar-refractivity contribution >= 4 is 17.1 Å². The molecule has 2 unspecified atom stereocenters. The van der Waals surface area contributed by atoms with E-state index in [0.29, 0.717) is 19.4 Å². The molecule has 28 heavy (non-hydrogen) atoms. The van der Waals surface area contributed by atoms with Gasteiger partial charge in [0.2, 0.25) is 0 Å². The number of alkyl halides is 1. The predicted octanol–water partition coefficient (Wildman–Crippen LogP) is 5.08. The Hall–Kier alpha value is -2.24. The molecule has 1 saturated heterocycles. The minimum Gasteiger partial charge on any atom is -0.444 e. The lowest BCUT2D eigenvalue weighted by Gasteiger charge is -2.29. The van der Waals surface area contributed by atoms with Crippen LogP contribution in [0.2, 0.25) is 0 Å². The van der Waals surface area contributed by atoms with Crippen LogP contribution in [0.15, 0.2) is 30.5 Å². The molecular formula is C22H30FN3O2. The molecule has 2 atom stereocenters. The topological polar surface area (TPSA) is 55.3 Å². The number of hydrogen-bond acceptors (Lipinski definition) is 4. The number of fused-ring (bicyclic) bond motifs is 1. The van der Waals surface area contributed by atoms with E-state index < -0.39 is 17.9 Å². The molecule has 3 heterocycles. The monoisotopic (exact) mass is 387 g/mol. The maximum Gasteiger partial charge on any atom is 0.410 e. The second kappa shape index (κ2) is 8.84. The second-order valence-corrected chi connectivity index (χ2v) is 8.50. The van der Waals surface area contributed by atoms with Gasteiger partial charge in [-0.2, -0.15) is 0 Å². The van der Waals surface area contributed by atoms with E-state index in [-0.39, 0.29) is 6.04 Å². The van der Waals surface area contributed by atoms with Crippen molar-refractivity contribution in [1.29, 1.82) is 0 Å². The zero-order valence-corrected chi connectivity index (χ0v) is 17.0. The highest BCUT2D eigenvalue weighted by Gasteiger charge is 2.38. The molecule has 1 amide bonds. The van der Waals surface area contributed by atoms with Crippen molar-refractivity contribution in [1.82, 2.24) is 14.9 Å². The van der Waals surface area contributed by atoms with Crippen molar-refractivity contribution in [3.63, 3.8) is 0 Å². The molecule has 3 rings (SSSR count). The van der Waals surface area contributed by atoms with Crippen molar-refractivity contribution in [3.05, 3.63) is 36.2 Å². The first kappa shape index (κ1) is 20.5. The van der Waals surface area contributed by atoms with E-state index in [2.05, 4.69) is 16.0 Å². The Labute approximate surface area is 166 Å². The molecule has 1 aliphatic rings. The summed E-state index contributed by atoms with van der Waals surface area (Å²) in [6.45, 7) is 5.94. The Bertz CT molecular complexity index is 806. The molecule has 0 bridgehead atoms. The number of likely N-dealkylation sites (tertiary alicyclic amines) is 1. The van der Waals surface area contributed by atoms with Gasteiger partial charge in [-0.1, -0.05) is 12.8 Å². The second-order valence-electron chi connectivity index (χ2n) is 8.50. The van der Waals surface area contributed by atoms with E-state index in [1.165, 1.54) is 0 Å². The minimum atomic E-state index is -0.958. The lowest BCUT2D eigenvalue weighted by atomic mass is 10.0. The summed E-state index contributed by atoms with van der Waals surface area (Å²) in [5.74, 6) is 0. The van der Waals surface area contributed by atoms with Gasteiger partial charge < -0.3 is 9.64 Å². The van der Waals surface area contributed by atoms with E-state index in [0.717, 1.165) is 42.4 Å². The molecule has 1 aliphatic heterocycles. The van der Waals surface area contributed by atoms with Crippen LogP contribution in [0.25, 0.3) is 11.0 Å². The summed E-state index contributed by atoms with van der Waals surface area (Å²) in [4.78, 5) is 22.8. The molecule has 0 aliphatic carbocycles. The Morgan fingerprint density at radius 3 is 2.86 bits per heavy atom. The number of halogens is 1. The van der Waals surface area contributed by atoms with Crippen molar-refractivity contribution in [2.45, 2.75) is 77.1 Å². The molecular weight excluding hydrogens is 357 g/mol. The van der Waals surface area contributed by atoms with Gasteiger partial charge >= 0.3 is 6.09 Å². The molecule has 0 spiro atoms. The van der Waals surface area contributed by atoms with E-state index in [9.17, 15) is 9.18 Å². The fourth-order valence-electron chi connectivity index (χ4n) is 3.67. The Kier molecular flexibility index (Phi) is 6.47. The highest BCUT2D eigenvalue weighted by molar-refractivity contribution is 5.74. The number of aryl methyl sites for hydroxylation is 1. The van der Waals surface area contributed by atoms with Crippen LogP contribution in [0, 0.1) is 0 Å². The van der Waals surface area contributed by atoms with Gasteiger partial charge in [-0.3, -0.25) is 0 Å². The van der Waals surface area contributed by atoms with Crippen molar-refractivity contribution < 1.29 is 13.9 Å². The summed E-state index contributed by atoms with van der Waals surface area (Å²) in [7, 11) is 0. The van der Waals surface area contributed by atoms with E-state index in [1.807, 2.05) is 39.0 Å². The van der Waals surface area contributed by atoms with Gasteiger partial charge in [0.1, 0.15) is 11.8 Å². The van der Waals surface area contributed by atoms with E-state index in [1.54, 1.807) is 11.1 Å². The van der Waals surface area contributed by atoms with Gasteiger partial charge in [0.15, 0.2) is 5.65 Å². The first-order valence-electron chi connectivity index (χ1n) is 10.2. The van der Waals surface area contributed by atoms with Crippen molar-refractivity contribution in [2.75, 3.05) is 6.54 Å². The summed E-state index contributed by atoms with van der Waals surface area (Å²) in [6, 6.07) is 7.65. The quantitative estimate of drug-likeness (QED) is 0.649. The molecule has 0 radical (unpaired) electrons. The molecule has 152 valence electrons.